The first-order chi connectivity index (χ1) is 10.8. The van der Waals surface area contributed by atoms with Crippen LogP contribution in [0.4, 0.5) is 9.52 Å². The van der Waals surface area contributed by atoms with Crippen molar-refractivity contribution in [3.63, 3.8) is 0 Å². The van der Waals surface area contributed by atoms with E-state index < -0.39 is 0 Å². The molecule has 6 heteroatoms. The highest BCUT2D eigenvalue weighted by Gasteiger charge is 2.28. The van der Waals surface area contributed by atoms with Gasteiger partial charge in [0.15, 0.2) is 5.13 Å². The third kappa shape index (κ3) is 3.63. The molecule has 1 N–H and O–H groups in total. The first kappa shape index (κ1) is 16.2. The van der Waals surface area contributed by atoms with Crippen molar-refractivity contribution in [3.8, 4) is 0 Å². The Kier molecular flexibility index (Phi) is 4.27. The van der Waals surface area contributed by atoms with Crippen LogP contribution in [0.2, 0.25) is 0 Å². The van der Waals surface area contributed by atoms with Crippen LogP contribution in [0.5, 0.6) is 0 Å². The van der Waals surface area contributed by atoms with Crippen molar-refractivity contribution in [2.45, 2.75) is 39.7 Å². The third-order valence-corrected chi connectivity index (χ3v) is 5.13. The summed E-state index contributed by atoms with van der Waals surface area (Å²) in [7, 11) is 0. The molecule has 4 nitrogen and oxygen atoms in total. The number of nitrogens with one attached hydrogen (secondary N) is 1. The van der Waals surface area contributed by atoms with Crippen molar-refractivity contribution < 1.29 is 9.18 Å². The van der Waals surface area contributed by atoms with Gasteiger partial charge in [-0.05, 0) is 31.0 Å². The van der Waals surface area contributed by atoms with Crippen molar-refractivity contribution in [2.75, 3.05) is 18.0 Å². The number of benzene rings is 1. The highest BCUT2D eigenvalue weighted by molar-refractivity contribution is 7.22. The molecular weight excluding hydrogens is 313 g/mol. The normalized spacial score (nSPS) is 19.1. The van der Waals surface area contributed by atoms with E-state index in [-0.39, 0.29) is 23.2 Å². The quantitative estimate of drug-likeness (QED) is 0.912. The number of piperidine rings is 1. The highest BCUT2D eigenvalue weighted by atomic mass is 32.1. The van der Waals surface area contributed by atoms with E-state index in [1.807, 2.05) is 20.8 Å². The molecule has 3 rings (SSSR count). The fourth-order valence-corrected chi connectivity index (χ4v) is 3.72. The lowest BCUT2D eigenvalue weighted by atomic mass is 9.94. The van der Waals surface area contributed by atoms with Crippen molar-refractivity contribution >= 4 is 32.6 Å². The first-order valence-corrected chi connectivity index (χ1v) is 8.76. The van der Waals surface area contributed by atoms with Crippen LogP contribution in [0.25, 0.3) is 10.2 Å². The molecule has 1 saturated heterocycles. The number of rotatable bonds is 2. The summed E-state index contributed by atoms with van der Waals surface area (Å²) >= 11 is 1.51. The Morgan fingerprint density at radius 3 is 2.96 bits per heavy atom. The lowest BCUT2D eigenvalue weighted by molar-refractivity contribution is -0.129. The number of fused-ring (bicyclic) bond motifs is 1. The Morgan fingerprint density at radius 2 is 2.22 bits per heavy atom. The molecule has 1 aromatic carbocycles. The molecule has 0 radical (unpaired) electrons. The summed E-state index contributed by atoms with van der Waals surface area (Å²) in [6.07, 6.45) is 2.00. The van der Waals surface area contributed by atoms with E-state index in [4.69, 9.17) is 0 Å². The largest absolute Gasteiger partial charge is 0.351 e. The summed E-state index contributed by atoms with van der Waals surface area (Å²) in [5.74, 6) is -0.155. The molecule has 0 aliphatic carbocycles. The molecule has 0 bridgehead atoms. The number of carbonyl (C=O) groups is 1. The van der Waals surface area contributed by atoms with E-state index in [0.717, 1.165) is 41.3 Å². The zero-order valence-corrected chi connectivity index (χ0v) is 14.5. The molecule has 1 aromatic heterocycles. The Hall–Kier alpha value is -1.69. The summed E-state index contributed by atoms with van der Waals surface area (Å²) in [5, 5.41) is 4.04. The van der Waals surface area contributed by atoms with Crippen LogP contribution in [-0.2, 0) is 4.79 Å². The number of aromatic nitrogens is 1. The van der Waals surface area contributed by atoms with Crippen molar-refractivity contribution in [1.82, 2.24) is 10.3 Å². The number of hydrogen-bond donors (Lipinski definition) is 1. The van der Waals surface area contributed by atoms with Gasteiger partial charge in [-0.25, -0.2) is 9.37 Å². The van der Waals surface area contributed by atoms with Gasteiger partial charge in [-0.1, -0.05) is 32.1 Å². The second kappa shape index (κ2) is 6.07. The number of halogens is 1. The molecule has 1 unspecified atom stereocenters. The topological polar surface area (TPSA) is 45.2 Å². The molecule has 1 aliphatic rings. The fourth-order valence-electron chi connectivity index (χ4n) is 2.69. The smallest absolute Gasteiger partial charge is 0.225 e. The third-order valence-electron chi connectivity index (χ3n) is 4.05. The van der Waals surface area contributed by atoms with Gasteiger partial charge < -0.3 is 10.2 Å². The van der Waals surface area contributed by atoms with E-state index in [0.29, 0.717) is 0 Å². The predicted octanol–water partition coefficient (Wildman–Crippen LogP) is 3.57. The molecule has 1 fully saturated rings. The van der Waals surface area contributed by atoms with Gasteiger partial charge in [-0.2, -0.15) is 0 Å². The maximum Gasteiger partial charge on any atom is 0.225 e. The van der Waals surface area contributed by atoms with Gasteiger partial charge in [0.05, 0.1) is 10.2 Å². The number of nitrogens with zero attached hydrogens (tertiary/aromatic N) is 2. The van der Waals surface area contributed by atoms with E-state index in [1.54, 1.807) is 6.07 Å². The monoisotopic (exact) mass is 335 g/mol. The maximum absolute atomic E-state index is 13.3. The molecule has 2 heterocycles. The molecule has 0 spiro atoms. The summed E-state index contributed by atoms with van der Waals surface area (Å²) < 4.78 is 14.2. The van der Waals surface area contributed by atoms with Crippen molar-refractivity contribution in [3.05, 3.63) is 24.0 Å². The summed E-state index contributed by atoms with van der Waals surface area (Å²) in [6, 6.07) is 4.82. The zero-order chi connectivity index (χ0) is 16.6. The number of amides is 1. The molecule has 0 saturated carbocycles. The lowest BCUT2D eigenvalue weighted by Gasteiger charge is -2.34. The maximum atomic E-state index is 13.3. The second-order valence-corrected chi connectivity index (χ2v) is 8.13. The summed E-state index contributed by atoms with van der Waals surface area (Å²) in [6.45, 7) is 7.44. The fraction of sp³-hybridized carbons (Fsp3) is 0.529. The van der Waals surface area contributed by atoms with Gasteiger partial charge in [0.25, 0.3) is 0 Å². The van der Waals surface area contributed by atoms with Crippen LogP contribution in [0, 0.1) is 11.2 Å². The molecule has 1 amide bonds. The van der Waals surface area contributed by atoms with Crippen LogP contribution in [0.3, 0.4) is 0 Å². The Labute approximate surface area is 139 Å². The number of carbonyl (C=O) groups excluding carboxylic acids is 1. The van der Waals surface area contributed by atoms with Crippen LogP contribution in [0.1, 0.15) is 33.6 Å². The highest BCUT2D eigenvalue weighted by Crippen LogP contribution is 2.31. The Bertz CT molecular complexity index is 722. The Balaban J connectivity index is 1.73. The summed E-state index contributed by atoms with van der Waals surface area (Å²) in [5.41, 5.74) is 0.447. The van der Waals surface area contributed by atoms with Crippen LogP contribution >= 0.6 is 11.3 Å². The van der Waals surface area contributed by atoms with Gasteiger partial charge >= 0.3 is 0 Å². The molecule has 1 atom stereocenters. The SMILES string of the molecule is CC(C)(C)C(=O)NC1CCCN(c2nc3ccc(F)cc3s2)C1. The minimum atomic E-state index is -0.379. The number of thiazole rings is 1. The van der Waals surface area contributed by atoms with E-state index in [9.17, 15) is 9.18 Å². The van der Waals surface area contributed by atoms with Crippen molar-refractivity contribution in [1.29, 1.82) is 0 Å². The zero-order valence-electron chi connectivity index (χ0n) is 13.7. The lowest BCUT2D eigenvalue weighted by Crippen LogP contribution is -2.50. The molecular formula is C17H22FN3OS. The van der Waals surface area contributed by atoms with Gasteiger partial charge in [-0.15, -0.1) is 0 Å². The average Bonchev–Trinajstić information content (AvgIpc) is 2.89. The van der Waals surface area contributed by atoms with E-state index in [2.05, 4.69) is 15.2 Å². The second-order valence-electron chi connectivity index (χ2n) is 7.12. The number of hydrogen-bond acceptors (Lipinski definition) is 4. The minimum Gasteiger partial charge on any atom is -0.351 e. The molecule has 1 aliphatic heterocycles. The van der Waals surface area contributed by atoms with Gasteiger partial charge in [0, 0.05) is 24.5 Å². The summed E-state index contributed by atoms with van der Waals surface area (Å²) in [4.78, 5) is 19.0. The van der Waals surface area contributed by atoms with Crippen LogP contribution in [0.15, 0.2) is 18.2 Å². The van der Waals surface area contributed by atoms with Crippen LogP contribution in [-0.4, -0.2) is 30.0 Å². The first-order valence-electron chi connectivity index (χ1n) is 7.95. The van der Waals surface area contributed by atoms with Gasteiger partial charge in [0.2, 0.25) is 5.91 Å². The minimum absolute atomic E-state index is 0.0794. The van der Waals surface area contributed by atoms with Gasteiger partial charge in [-0.3, -0.25) is 4.79 Å². The van der Waals surface area contributed by atoms with E-state index >= 15 is 0 Å². The number of anilines is 1. The average molecular weight is 335 g/mol. The van der Waals surface area contributed by atoms with Crippen molar-refractivity contribution in [2.24, 2.45) is 5.41 Å². The Morgan fingerprint density at radius 1 is 1.43 bits per heavy atom. The predicted molar refractivity (Wildman–Crippen MR) is 92.4 cm³/mol. The molecule has 23 heavy (non-hydrogen) atoms. The van der Waals surface area contributed by atoms with Crippen LogP contribution < -0.4 is 10.2 Å². The molecule has 2 aromatic rings. The van der Waals surface area contributed by atoms with Gasteiger partial charge in [0.1, 0.15) is 5.82 Å². The molecule has 124 valence electrons. The standard InChI is InChI=1S/C17H22FN3OS/c1-17(2,3)15(22)19-12-5-4-8-21(10-12)16-20-13-7-6-11(18)9-14(13)23-16/h6-7,9,12H,4-5,8,10H2,1-3H3,(H,19,22). The van der Waals surface area contributed by atoms with E-state index in [1.165, 1.54) is 23.5 Å².